The van der Waals surface area contributed by atoms with Crippen molar-refractivity contribution in [3.05, 3.63) is 78.0 Å². The van der Waals surface area contributed by atoms with Gasteiger partial charge in [-0.05, 0) is 0 Å². The van der Waals surface area contributed by atoms with Crippen molar-refractivity contribution in [3.63, 3.8) is 0 Å². The summed E-state index contributed by atoms with van der Waals surface area (Å²) in [5.74, 6) is 10.5. The van der Waals surface area contributed by atoms with E-state index in [-0.39, 0.29) is 5.41 Å². The molecule has 0 fully saturated rings. The molecule has 0 atom stereocenters. The van der Waals surface area contributed by atoms with Gasteiger partial charge in [0.1, 0.15) is 0 Å². The van der Waals surface area contributed by atoms with E-state index in [0.717, 1.165) is 5.69 Å². The van der Waals surface area contributed by atoms with E-state index in [1.54, 1.807) is 8.79 Å². The molecule has 1 nitrogen and oxygen atoms in total. The van der Waals surface area contributed by atoms with Gasteiger partial charge in [-0.1, -0.05) is 6.07 Å². The Bertz CT molecular complexity index is 1720. The first-order valence-electron chi connectivity index (χ1n) is 13.9. The van der Waals surface area contributed by atoms with E-state index in [4.69, 9.17) is 4.98 Å². The Balaban J connectivity index is 1.56. The Morgan fingerprint density at radius 3 is 2.21 bits per heavy atom. The van der Waals surface area contributed by atoms with Crippen LogP contribution in [0, 0.1) is 6.92 Å². The fourth-order valence-electron chi connectivity index (χ4n) is 6.43. The van der Waals surface area contributed by atoms with Crippen LogP contribution >= 0.6 is 11.3 Å². The van der Waals surface area contributed by atoms with Crippen molar-refractivity contribution in [2.45, 2.75) is 66.6 Å². The zero-order valence-corrected chi connectivity index (χ0v) is 29.1. The Labute approximate surface area is 237 Å². The molecule has 3 heterocycles. The van der Waals surface area contributed by atoms with Gasteiger partial charge in [-0.2, -0.15) is 0 Å². The van der Waals surface area contributed by atoms with E-state index in [1.807, 2.05) is 17.5 Å². The van der Waals surface area contributed by atoms with E-state index in [2.05, 4.69) is 111 Å². The number of thiophene rings is 1. The number of hydrogen-bond donors (Lipinski definition) is 0. The molecular weight excluding hydrogens is 600 g/mol. The maximum absolute atomic E-state index is 4.99. The SMILES string of the molecule is Cc1c(-c2cc[c]3[c](c2)[Ge]([CH3])([CH3])[CH2][CH2][Ge]3([CH3])[CH3])sc2c(-c3cc(C(C)(C)C)c4ccccc4c3)nccc12. The molecule has 0 unspecified atom stereocenters. The number of aromatic nitrogens is 1. The molecule has 0 saturated heterocycles. The quantitative estimate of drug-likeness (QED) is 0.176. The first kappa shape index (κ1) is 26.3. The molecule has 0 radical (unpaired) electrons. The van der Waals surface area contributed by atoms with Crippen molar-refractivity contribution >= 4 is 67.5 Å². The zero-order valence-electron chi connectivity index (χ0n) is 24.1. The molecule has 0 bridgehead atoms. The monoisotopic (exact) mass is 641 g/mol. The van der Waals surface area contributed by atoms with E-state index < -0.39 is 26.5 Å². The molecule has 194 valence electrons. The van der Waals surface area contributed by atoms with Crippen LogP contribution in [-0.2, 0) is 5.41 Å². The molecule has 4 heteroatoms. The van der Waals surface area contributed by atoms with E-state index in [0.29, 0.717) is 0 Å². The molecule has 0 N–H and O–H groups in total. The fraction of sp³-hybridized carbons (Fsp3) is 0.324. The number of fused-ring (bicyclic) bond motifs is 3. The van der Waals surface area contributed by atoms with Crippen molar-refractivity contribution in [2.75, 3.05) is 0 Å². The van der Waals surface area contributed by atoms with E-state index in [9.17, 15) is 0 Å². The van der Waals surface area contributed by atoms with Gasteiger partial charge in [0.25, 0.3) is 0 Å². The van der Waals surface area contributed by atoms with Crippen LogP contribution in [0.2, 0.25) is 33.5 Å². The number of aryl methyl sites for hydroxylation is 1. The second kappa shape index (κ2) is 9.07. The summed E-state index contributed by atoms with van der Waals surface area (Å²) in [5.41, 5.74) is 6.59. The van der Waals surface area contributed by atoms with Gasteiger partial charge in [0.05, 0.1) is 0 Å². The molecule has 3 aromatic carbocycles. The second-order valence-electron chi connectivity index (χ2n) is 13.6. The van der Waals surface area contributed by atoms with E-state index in [1.165, 1.54) is 58.5 Å². The van der Waals surface area contributed by atoms with Crippen LogP contribution < -0.4 is 8.79 Å². The van der Waals surface area contributed by atoms with Crippen LogP contribution in [0.1, 0.15) is 31.9 Å². The molecule has 5 aromatic rings. The average Bonchev–Trinajstić information content (AvgIpc) is 3.22. The molecule has 0 amide bonds. The summed E-state index contributed by atoms with van der Waals surface area (Å²) in [6.07, 6.45) is 2.01. The molecule has 2 aromatic heterocycles. The number of nitrogens with zero attached hydrogens (tertiary/aromatic N) is 1. The van der Waals surface area contributed by atoms with Crippen molar-refractivity contribution in [2.24, 2.45) is 0 Å². The summed E-state index contributed by atoms with van der Waals surface area (Å²) in [5, 5.41) is 6.99. The summed E-state index contributed by atoms with van der Waals surface area (Å²) < 4.78 is 4.89. The fourth-order valence-corrected chi connectivity index (χ4v) is 38.1. The predicted molar refractivity (Wildman–Crippen MR) is 175 cm³/mol. The molecule has 0 saturated carbocycles. The van der Waals surface area contributed by atoms with Crippen LogP contribution in [0.4, 0.5) is 0 Å². The van der Waals surface area contributed by atoms with Gasteiger partial charge in [-0.3, -0.25) is 0 Å². The average molecular weight is 639 g/mol. The van der Waals surface area contributed by atoms with Gasteiger partial charge in [0.15, 0.2) is 0 Å². The standard InChI is InChI=1S/C34H39Ge2NS/c1-22-26-15-18-37-31(25-19-23-11-9-10-12-27(23)28(20-25)34(2,3)4)33(26)38-32(22)24-13-14-29-30(21-24)36(7,8)17-16-35(29,5)6/h9-15,18-21H,16-17H2,1-8H3. The first-order chi connectivity index (χ1) is 17.9. The van der Waals surface area contributed by atoms with Crippen molar-refractivity contribution < 1.29 is 0 Å². The first-order valence-corrected chi connectivity index (χ1v) is 28.2. The summed E-state index contributed by atoms with van der Waals surface area (Å²) in [6, 6.07) is 23.4. The van der Waals surface area contributed by atoms with Crippen LogP contribution in [0.5, 0.6) is 0 Å². The molecule has 1 aliphatic heterocycles. The van der Waals surface area contributed by atoms with Crippen molar-refractivity contribution in [1.82, 2.24) is 4.98 Å². The zero-order chi connectivity index (χ0) is 27.0. The van der Waals surface area contributed by atoms with Gasteiger partial charge in [-0.25, -0.2) is 0 Å². The Morgan fingerprint density at radius 2 is 1.47 bits per heavy atom. The Kier molecular flexibility index (Phi) is 6.29. The third-order valence-electron chi connectivity index (χ3n) is 8.91. The molecule has 0 aliphatic carbocycles. The Morgan fingerprint density at radius 1 is 0.763 bits per heavy atom. The number of rotatable bonds is 2. The number of hydrogen-bond acceptors (Lipinski definition) is 2. The second-order valence-corrected chi connectivity index (χ2v) is 34.8. The molecular formula is C34H39Ge2NS. The maximum atomic E-state index is 4.99. The van der Waals surface area contributed by atoms with Crippen LogP contribution in [0.25, 0.3) is 42.6 Å². The molecule has 6 rings (SSSR count). The number of benzene rings is 3. The minimum absolute atomic E-state index is 0.0550. The van der Waals surface area contributed by atoms with Gasteiger partial charge < -0.3 is 0 Å². The van der Waals surface area contributed by atoms with Crippen LogP contribution in [0.3, 0.4) is 0 Å². The predicted octanol–water partition coefficient (Wildman–Crippen LogP) is 9.23. The van der Waals surface area contributed by atoms with Crippen LogP contribution in [0.15, 0.2) is 66.9 Å². The minimum atomic E-state index is -1.97. The summed E-state index contributed by atoms with van der Waals surface area (Å²) in [4.78, 5) is 6.41. The van der Waals surface area contributed by atoms with E-state index >= 15 is 0 Å². The normalized spacial score (nSPS) is 16.6. The van der Waals surface area contributed by atoms with Gasteiger partial charge in [-0.15, -0.1) is 0 Å². The topological polar surface area (TPSA) is 12.9 Å². The van der Waals surface area contributed by atoms with Gasteiger partial charge in [0, 0.05) is 0 Å². The van der Waals surface area contributed by atoms with Gasteiger partial charge >= 0.3 is 233 Å². The molecule has 0 spiro atoms. The van der Waals surface area contributed by atoms with Gasteiger partial charge in [0.2, 0.25) is 0 Å². The third-order valence-corrected chi connectivity index (χ3v) is 27.8. The summed E-state index contributed by atoms with van der Waals surface area (Å²) in [7, 11) is 0. The van der Waals surface area contributed by atoms with Crippen molar-refractivity contribution in [1.29, 1.82) is 0 Å². The summed E-state index contributed by atoms with van der Waals surface area (Å²) >= 11 is -1.92. The molecule has 1 aliphatic rings. The Hall–Kier alpha value is -1.88. The summed E-state index contributed by atoms with van der Waals surface area (Å²) in [6.45, 7) is 9.25. The van der Waals surface area contributed by atoms with Crippen molar-refractivity contribution in [3.8, 4) is 21.7 Å². The van der Waals surface area contributed by atoms with Crippen LogP contribution in [-0.4, -0.2) is 31.5 Å². The number of pyridine rings is 1. The third kappa shape index (κ3) is 4.31. The molecule has 38 heavy (non-hydrogen) atoms.